The van der Waals surface area contributed by atoms with Crippen LogP contribution in [0.4, 0.5) is 0 Å². The molecule has 0 aliphatic carbocycles. The van der Waals surface area contributed by atoms with Gasteiger partial charge in [0.1, 0.15) is 6.61 Å². The van der Waals surface area contributed by atoms with E-state index < -0.39 is 18.1 Å². The highest BCUT2D eigenvalue weighted by molar-refractivity contribution is 5.72. The van der Waals surface area contributed by atoms with Gasteiger partial charge in [-0.05, 0) is 25.7 Å². The second-order valence-corrected chi connectivity index (χ2v) is 14.5. The monoisotopic (exact) mass is 683 g/mol. The minimum atomic E-state index is -0.879. The average molecular weight is 683 g/mol. The summed E-state index contributed by atoms with van der Waals surface area (Å²) in [6, 6.07) is -0.614. The molecular formula is C40H76NO7+. The minimum Gasteiger partial charge on any atom is -0.477 e. The summed E-state index contributed by atoms with van der Waals surface area (Å²) in [5.74, 6) is -1.53. The fourth-order valence-corrected chi connectivity index (χ4v) is 5.81. The number of carboxylic acid groups (broad SMARTS) is 1. The zero-order chi connectivity index (χ0) is 35.7. The van der Waals surface area contributed by atoms with E-state index in [0.29, 0.717) is 19.3 Å². The van der Waals surface area contributed by atoms with Crippen LogP contribution in [0.3, 0.4) is 0 Å². The number of ether oxygens (including phenoxy) is 3. The summed E-state index contributed by atoms with van der Waals surface area (Å²) in [7, 11) is 5.51. The summed E-state index contributed by atoms with van der Waals surface area (Å²) in [5.41, 5.74) is 0. The molecular weight excluding hydrogens is 606 g/mol. The summed E-state index contributed by atoms with van der Waals surface area (Å²) in [5, 5.41) is 9.56. The number of allylic oxidation sites excluding steroid dienone is 2. The van der Waals surface area contributed by atoms with Crippen molar-refractivity contribution in [2.24, 2.45) is 0 Å². The number of aliphatic carboxylic acids is 1. The van der Waals surface area contributed by atoms with Crippen LogP contribution in [0.15, 0.2) is 12.2 Å². The van der Waals surface area contributed by atoms with Gasteiger partial charge in [-0.15, -0.1) is 0 Å². The topological polar surface area (TPSA) is 99.1 Å². The van der Waals surface area contributed by atoms with Crippen LogP contribution >= 0.6 is 0 Å². The number of carbonyl (C=O) groups excluding carboxylic acids is 2. The van der Waals surface area contributed by atoms with Crippen molar-refractivity contribution in [3.8, 4) is 0 Å². The van der Waals surface area contributed by atoms with Crippen LogP contribution in [0.5, 0.6) is 0 Å². The van der Waals surface area contributed by atoms with E-state index in [1.807, 2.05) is 27.2 Å². The number of nitrogens with zero attached hydrogens (tertiary/aromatic N) is 1. The van der Waals surface area contributed by atoms with E-state index in [1.165, 1.54) is 103 Å². The summed E-state index contributed by atoms with van der Waals surface area (Å²) >= 11 is 0. The van der Waals surface area contributed by atoms with Gasteiger partial charge in [0, 0.05) is 19.3 Å². The summed E-state index contributed by atoms with van der Waals surface area (Å²) in [6.45, 7) is 4.65. The Morgan fingerprint density at radius 3 is 1.58 bits per heavy atom. The second kappa shape index (κ2) is 32.3. The lowest BCUT2D eigenvalue weighted by molar-refractivity contribution is -0.887. The lowest BCUT2D eigenvalue weighted by Crippen LogP contribution is -2.50. The zero-order valence-electron chi connectivity index (χ0n) is 32.0. The molecule has 282 valence electrons. The lowest BCUT2D eigenvalue weighted by Gasteiger charge is -2.31. The molecule has 8 nitrogen and oxygen atoms in total. The lowest BCUT2D eigenvalue weighted by atomic mass is 10.0. The van der Waals surface area contributed by atoms with Crippen LogP contribution in [-0.4, -0.2) is 80.6 Å². The highest BCUT2D eigenvalue weighted by Crippen LogP contribution is 2.15. The summed E-state index contributed by atoms with van der Waals surface area (Å²) in [6.07, 6.45) is 31.3. The Bertz CT molecular complexity index is 808. The Morgan fingerprint density at radius 2 is 1.08 bits per heavy atom. The van der Waals surface area contributed by atoms with E-state index >= 15 is 0 Å². The molecule has 1 N–H and O–H groups in total. The van der Waals surface area contributed by atoms with Crippen LogP contribution in [0.1, 0.15) is 174 Å². The van der Waals surface area contributed by atoms with Crippen LogP contribution < -0.4 is 0 Å². The molecule has 0 aromatic heterocycles. The molecule has 0 aromatic carbocycles. The predicted molar refractivity (Wildman–Crippen MR) is 197 cm³/mol. The number of quaternary nitrogens is 1. The van der Waals surface area contributed by atoms with E-state index in [2.05, 4.69) is 19.9 Å². The Hall–Kier alpha value is -1.93. The van der Waals surface area contributed by atoms with Crippen molar-refractivity contribution in [2.75, 3.05) is 41.0 Å². The van der Waals surface area contributed by atoms with Gasteiger partial charge in [-0.1, -0.05) is 142 Å². The maximum Gasteiger partial charge on any atom is 0.362 e. The van der Waals surface area contributed by atoms with Gasteiger partial charge in [0.15, 0.2) is 12.1 Å². The number of carbonyl (C=O) groups is 3. The molecule has 2 atom stereocenters. The van der Waals surface area contributed by atoms with E-state index in [1.54, 1.807) is 0 Å². The van der Waals surface area contributed by atoms with E-state index in [-0.39, 0.29) is 42.7 Å². The minimum absolute atomic E-state index is 0.0504. The molecule has 0 bridgehead atoms. The molecule has 0 aliphatic rings. The summed E-state index contributed by atoms with van der Waals surface area (Å²) in [4.78, 5) is 36.6. The van der Waals surface area contributed by atoms with Crippen LogP contribution in [-0.2, 0) is 28.6 Å². The Balaban J connectivity index is 4.31. The number of hydrogen-bond acceptors (Lipinski definition) is 6. The third-order valence-electron chi connectivity index (χ3n) is 8.93. The maximum atomic E-state index is 12.5. The van der Waals surface area contributed by atoms with E-state index in [4.69, 9.17) is 14.2 Å². The Kier molecular flexibility index (Phi) is 31.0. The number of rotatable bonds is 35. The van der Waals surface area contributed by atoms with Crippen molar-refractivity contribution in [1.82, 2.24) is 0 Å². The maximum absolute atomic E-state index is 12.5. The number of likely N-dealkylation sites (N-methyl/N-ethyl adjacent to an activating group) is 1. The average Bonchev–Trinajstić information content (AvgIpc) is 3.03. The Labute approximate surface area is 295 Å². The van der Waals surface area contributed by atoms with Gasteiger partial charge in [0.25, 0.3) is 0 Å². The SMILES string of the molecule is CCCCCC/C=C/CCC(=O)OC(COCCC(C(=O)O)[N+](C)(C)C)COC(=O)CCCCCCCCCCCCCCCCCC. The van der Waals surface area contributed by atoms with Crippen molar-refractivity contribution >= 4 is 17.9 Å². The standard InChI is InChI=1S/C40H75NO7/c1-6-8-10-12-14-16-17-18-19-20-21-22-23-25-26-28-30-38(42)47-35-36(34-46-33-32-37(40(44)45)41(3,4)5)48-39(43)31-29-27-24-15-13-11-9-7-2/h24,27,36-37H,6-23,25-26,28-35H2,1-5H3/p+1/b27-24+. The quantitative estimate of drug-likeness (QED) is 0.0307. The third-order valence-corrected chi connectivity index (χ3v) is 8.93. The van der Waals surface area contributed by atoms with Crippen molar-refractivity contribution in [1.29, 1.82) is 0 Å². The van der Waals surface area contributed by atoms with Crippen molar-refractivity contribution < 1.29 is 38.2 Å². The molecule has 0 spiro atoms. The number of carboxylic acids is 1. The van der Waals surface area contributed by atoms with Crippen LogP contribution in [0.25, 0.3) is 0 Å². The second-order valence-electron chi connectivity index (χ2n) is 14.5. The van der Waals surface area contributed by atoms with E-state index in [9.17, 15) is 19.5 Å². The predicted octanol–water partition coefficient (Wildman–Crippen LogP) is 9.97. The van der Waals surface area contributed by atoms with Gasteiger partial charge in [-0.2, -0.15) is 0 Å². The van der Waals surface area contributed by atoms with Gasteiger partial charge in [-0.3, -0.25) is 9.59 Å². The number of hydrogen-bond donors (Lipinski definition) is 1. The zero-order valence-corrected chi connectivity index (χ0v) is 32.0. The molecule has 0 aliphatic heterocycles. The van der Waals surface area contributed by atoms with Gasteiger partial charge in [0.2, 0.25) is 0 Å². The van der Waals surface area contributed by atoms with Crippen molar-refractivity contribution in [3.63, 3.8) is 0 Å². The Morgan fingerprint density at radius 1 is 0.604 bits per heavy atom. The van der Waals surface area contributed by atoms with Crippen LogP contribution in [0.2, 0.25) is 0 Å². The molecule has 0 amide bonds. The normalized spacial score (nSPS) is 13.1. The highest BCUT2D eigenvalue weighted by Gasteiger charge is 2.31. The first-order valence-corrected chi connectivity index (χ1v) is 19.7. The first-order valence-electron chi connectivity index (χ1n) is 19.7. The van der Waals surface area contributed by atoms with Crippen molar-refractivity contribution in [2.45, 2.75) is 187 Å². The van der Waals surface area contributed by atoms with Crippen molar-refractivity contribution in [3.05, 3.63) is 12.2 Å². The molecule has 0 radical (unpaired) electrons. The largest absolute Gasteiger partial charge is 0.477 e. The molecule has 0 fully saturated rings. The fourth-order valence-electron chi connectivity index (χ4n) is 5.81. The molecule has 0 saturated heterocycles. The molecule has 48 heavy (non-hydrogen) atoms. The highest BCUT2D eigenvalue weighted by atomic mass is 16.6. The number of esters is 2. The smallest absolute Gasteiger partial charge is 0.362 e. The third kappa shape index (κ3) is 30.2. The molecule has 0 rings (SSSR count). The van der Waals surface area contributed by atoms with Gasteiger partial charge in [-0.25, -0.2) is 4.79 Å². The number of unbranched alkanes of at least 4 members (excludes halogenated alkanes) is 19. The van der Waals surface area contributed by atoms with E-state index in [0.717, 1.165) is 32.1 Å². The molecule has 0 saturated carbocycles. The van der Waals surface area contributed by atoms with Gasteiger partial charge in [0.05, 0.1) is 34.4 Å². The van der Waals surface area contributed by atoms with Gasteiger partial charge < -0.3 is 23.8 Å². The first kappa shape index (κ1) is 46.1. The summed E-state index contributed by atoms with van der Waals surface area (Å²) < 4.78 is 17.1. The fraction of sp³-hybridized carbons (Fsp3) is 0.875. The molecule has 0 aromatic rings. The van der Waals surface area contributed by atoms with Crippen LogP contribution in [0, 0.1) is 0 Å². The molecule has 0 heterocycles. The first-order chi connectivity index (χ1) is 23.1. The molecule has 8 heteroatoms. The molecule has 2 unspecified atom stereocenters. The van der Waals surface area contributed by atoms with Gasteiger partial charge >= 0.3 is 17.9 Å².